The van der Waals surface area contributed by atoms with Crippen molar-refractivity contribution in [2.45, 2.75) is 13.8 Å². The van der Waals surface area contributed by atoms with E-state index >= 15 is 0 Å². The molecule has 1 amide bonds. The van der Waals surface area contributed by atoms with E-state index in [2.05, 4.69) is 6.58 Å². The molecule has 16 heavy (non-hydrogen) atoms. The van der Waals surface area contributed by atoms with Crippen LogP contribution >= 0.6 is 0 Å². The van der Waals surface area contributed by atoms with Gasteiger partial charge in [0.15, 0.2) is 0 Å². The number of nitrogens with zero attached hydrogens (tertiary/aromatic N) is 1. The van der Waals surface area contributed by atoms with Crippen molar-refractivity contribution in [3.05, 3.63) is 42.0 Å². The van der Waals surface area contributed by atoms with E-state index in [0.29, 0.717) is 24.2 Å². The number of aryl methyl sites for hydroxylation is 1. The Balaban J connectivity index is 3.03. The van der Waals surface area contributed by atoms with Crippen LogP contribution in [0.15, 0.2) is 30.9 Å². The van der Waals surface area contributed by atoms with E-state index in [4.69, 9.17) is 0 Å². The maximum Gasteiger partial charge on any atom is 0.257 e. The average Bonchev–Trinajstić information content (AvgIpc) is 2.29. The minimum absolute atomic E-state index is 0.0648. The molecule has 1 aromatic carbocycles. The van der Waals surface area contributed by atoms with Crippen LogP contribution in [0.3, 0.4) is 0 Å². The molecule has 3 heteroatoms. The zero-order chi connectivity index (χ0) is 12.1. The summed E-state index contributed by atoms with van der Waals surface area (Å²) in [6.07, 6.45) is 1.67. The standard InChI is InChI=1S/C13H17NO2/c1-4-9-14(5-2)13(16)11-8-6-7-10(3)12(11)15/h4,6-8,15H,1,5,9H2,2-3H3. The highest BCUT2D eigenvalue weighted by Gasteiger charge is 2.17. The lowest BCUT2D eigenvalue weighted by atomic mass is 10.1. The predicted octanol–water partition coefficient (Wildman–Crippen LogP) is 2.35. The molecular formula is C13H17NO2. The Hall–Kier alpha value is -1.77. The van der Waals surface area contributed by atoms with Crippen molar-refractivity contribution in [3.63, 3.8) is 0 Å². The quantitative estimate of drug-likeness (QED) is 0.790. The molecule has 0 aliphatic carbocycles. The van der Waals surface area contributed by atoms with Gasteiger partial charge in [-0.05, 0) is 25.5 Å². The molecule has 0 atom stereocenters. The number of hydrogen-bond donors (Lipinski definition) is 1. The summed E-state index contributed by atoms with van der Waals surface area (Å²) in [6, 6.07) is 5.18. The number of rotatable bonds is 4. The molecule has 0 unspecified atom stereocenters. The van der Waals surface area contributed by atoms with Crippen molar-refractivity contribution >= 4 is 5.91 Å². The Bertz CT molecular complexity index is 399. The zero-order valence-corrected chi connectivity index (χ0v) is 9.73. The Morgan fingerprint density at radius 1 is 1.56 bits per heavy atom. The number of phenolic OH excluding ortho intramolecular Hbond substituents is 1. The van der Waals surface area contributed by atoms with Crippen LogP contribution in [0.5, 0.6) is 5.75 Å². The van der Waals surface area contributed by atoms with Gasteiger partial charge in [-0.25, -0.2) is 0 Å². The molecule has 86 valence electrons. The second-order valence-electron chi connectivity index (χ2n) is 3.60. The largest absolute Gasteiger partial charge is 0.507 e. The maximum absolute atomic E-state index is 12.1. The number of hydrogen-bond acceptors (Lipinski definition) is 2. The van der Waals surface area contributed by atoms with Crippen molar-refractivity contribution in [1.82, 2.24) is 4.90 Å². The van der Waals surface area contributed by atoms with Gasteiger partial charge in [0.05, 0.1) is 5.56 Å². The van der Waals surface area contributed by atoms with Crippen LogP contribution in [0, 0.1) is 6.92 Å². The van der Waals surface area contributed by atoms with E-state index < -0.39 is 0 Å². The summed E-state index contributed by atoms with van der Waals surface area (Å²) >= 11 is 0. The first-order valence-corrected chi connectivity index (χ1v) is 5.30. The molecular weight excluding hydrogens is 202 g/mol. The number of likely N-dealkylation sites (N-methyl/N-ethyl adjacent to an activating group) is 1. The molecule has 0 saturated carbocycles. The van der Waals surface area contributed by atoms with Gasteiger partial charge >= 0.3 is 0 Å². The smallest absolute Gasteiger partial charge is 0.257 e. The third-order valence-corrected chi connectivity index (χ3v) is 2.49. The van der Waals surface area contributed by atoms with E-state index in [1.807, 2.05) is 6.92 Å². The lowest BCUT2D eigenvalue weighted by molar-refractivity contribution is 0.0779. The fraction of sp³-hybridized carbons (Fsp3) is 0.308. The first-order valence-electron chi connectivity index (χ1n) is 5.30. The van der Waals surface area contributed by atoms with Crippen molar-refractivity contribution < 1.29 is 9.90 Å². The number of aromatic hydroxyl groups is 1. The van der Waals surface area contributed by atoms with Crippen LogP contribution in [0.25, 0.3) is 0 Å². The van der Waals surface area contributed by atoms with Gasteiger partial charge in [0.25, 0.3) is 5.91 Å². The van der Waals surface area contributed by atoms with E-state index in [1.54, 1.807) is 36.1 Å². The molecule has 0 fully saturated rings. The molecule has 1 N–H and O–H groups in total. The molecule has 0 aliphatic heterocycles. The summed E-state index contributed by atoms with van der Waals surface area (Å²) in [7, 11) is 0. The summed E-state index contributed by atoms with van der Waals surface area (Å²) in [4.78, 5) is 13.7. The number of amides is 1. The maximum atomic E-state index is 12.1. The summed E-state index contributed by atoms with van der Waals surface area (Å²) in [5.74, 6) is -0.0985. The van der Waals surface area contributed by atoms with Crippen molar-refractivity contribution in [1.29, 1.82) is 0 Å². The van der Waals surface area contributed by atoms with Crippen LogP contribution in [0.1, 0.15) is 22.8 Å². The summed E-state index contributed by atoms with van der Waals surface area (Å²) in [5, 5.41) is 9.81. The van der Waals surface area contributed by atoms with Gasteiger partial charge in [0.2, 0.25) is 0 Å². The van der Waals surface area contributed by atoms with E-state index in [-0.39, 0.29) is 11.7 Å². The molecule has 0 spiro atoms. The minimum atomic E-state index is -0.163. The number of carbonyl (C=O) groups excluding carboxylic acids is 1. The number of benzene rings is 1. The summed E-state index contributed by atoms with van der Waals surface area (Å²) in [6.45, 7) is 8.36. The predicted molar refractivity (Wildman–Crippen MR) is 64.6 cm³/mol. The highest BCUT2D eigenvalue weighted by atomic mass is 16.3. The van der Waals surface area contributed by atoms with E-state index in [1.165, 1.54) is 0 Å². The topological polar surface area (TPSA) is 40.5 Å². The fourth-order valence-electron chi connectivity index (χ4n) is 1.51. The fourth-order valence-corrected chi connectivity index (χ4v) is 1.51. The van der Waals surface area contributed by atoms with Gasteiger partial charge in [0.1, 0.15) is 5.75 Å². The second-order valence-corrected chi connectivity index (χ2v) is 3.60. The third-order valence-electron chi connectivity index (χ3n) is 2.49. The van der Waals surface area contributed by atoms with Crippen LogP contribution in [-0.4, -0.2) is 29.0 Å². The van der Waals surface area contributed by atoms with Gasteiger partial charge in [-0.1, -0.05) is 18.2 Å². The number of para-hydroxylation sites is 1. The van der Waals surface area contributed by atoms with Gasteiger partial charge in [0, 0.05) is 13.1 Å². The van der Waals surface area contributed by atoms with Gasteiger partial charge in [-0.15, -0.1) is 6.58 Å². The first kappa shape index (κ1) is 12.3. The van der Waals surface area contributed by atoms with Crippen molar-refractivity contribution in [2.75, 3.05) is 13.1 Å². The second kappa shape index (κ2) is 5.35. The number of carbonyl (C=O) groups is 1. The molecule has 0 saturated heterocycles. The van der Waals surface area contributed by atoms with Crippen molar-refractivity contribution in [2.24, 2.45) is 0 Å². The Morgan fingerprint density at radius 2 is 2.25 bits per heavy atom. The van der Waals surface area contributed by atoms with Crippen LogP contribution < -0.4 is 0 Å². The molecule has 1 rings (SSSR count). The van der Waals surface area contributed by atoms with E-state index in [0.717, 1.165) is 0 Å². The Labute approximate surface area is 96.0 Å². The van der Waals surface area contributed by atoms with Crippen LogP contribution in [0.4, 0.5) is 0 Å². The lowest BCUT2D eigenvalue weighted by Gasteiger charge is -2.19. The van der Waals surface area contributed by atoms with Crippen LogP contribution in [0.2, 0.25) is 0 Å². The van der Waals surface area contributed by atoms with Gasteiger partial charge < -0.3 is 10.0 Å². The van der Waals surface area contributed by atoms with Crippen molar-refractivity contribution in [3.8, 4) is 5.75 Å². The summed E-state index contributed by atoms with van der Waals surface area (Å²) < 4.78 is 0. The Kier molecular flexibility index (Phi) is 4.11. The normalized spacial score (nSPS) is 9.88. The molecule has 0 radical (unpaired) electrons. The molecule has 0 aromatic heterocycles. The highest BCUT2D eigenvalue weighted by Crippen LogP contribution is 2.22. The van der Waals surface area contributed by atoms with Gasteiger partial charge in [-0.3, -0.25) is 4.79 Å². The van der Waals surface area contributed by atoms with Crippen LogP contribution in [-0.2, 0) is 0 Å². The minimum Gasteiger partial charge on any atom is -0.507 e. The van der Waals surface area contributed by atoms with Gasteiger partial charge in [-0.2, -0.15) is 0 Å². The molecule has 0 aliphatic rings. The third kappa shape index (κ3) is 2.42. The molecule has 0 heterocycles. The Morgan fingerprint density at radius 3 is 2.81 bits per heavy atom. The molecule has 1 aromatic rings. The van der Waals surface area contributed by atoms with E-state index in [9.17, 15) is 9.90 Å². The molecule has 3 nitrogen and oxygen atoms in total. The highest BCUT2D eigenvalue weighted by molar-refractivity contribution is 5.97. The SMILES string of the molecule is C=CCN(CC)C(=O)c1cccc(C)c1O. The first-order chi connectivity index (χ1) is 7.61. The average molecular weight is 219 g/mol. The monoisotopic (exact) mass is 219 g/mol. The number of phenols is 1. The molecule has 0 bridgehead atoms. The summed E-state index contributed by atoms with van der Waals surface area (Å²) in [5.41, 5.74) is 1.06. The lowest BCUT2D eigenvalue weighted by Crippen LogP contribution is -2.30. The zero-order valence-electron chi connectivity index (χ0n) is 9.73.